The van der Waals surface area contributed by atoms with Crippen LogP contribution in [0.1, 0.15) is 0 Å². The average Bonchev–Trinajstić information content (AvgIpc) is 3.07. The van der Waals surface area contributed by atoms with Crippen LogP contribution < -0.4 is 4.74 Å². The van der Waals surface area contributed by atoms with E-state index in [1.165, 1.54) is 23.5 Å². The third kappa shape index (κ3) is 2.36. The van der Waals surface area contributed by atoms with Gasteiger partial charge in [0.2, 0.25) is 0 Å². The number of carboxylic acid groups (broad SMARTS) is 1. The Bertz CT molecular complexity index is 691. The van der Waals surface area contributed by atoms with Crippen LogP contribution in [0.3, 0.4) is 0 Å². The zero-order valence-electron chi connectivity index (χ0n) is 11.7. The molecule has 3 atom stereocenters. The number of carboxylic acids is 1. The minimum atomic E-state index is -3.74. The molecule has 22 heavy (non-hydrogen) atoms. The lowest BCUT2D eigenvalue weighted by atomic mass is 10.0. The number of oxime groups is 1. The van der Waals surface area contributed by atoms with Gasteiger partial charge in [0.05, 0.1) is 26.1 Å². The van der Waals surface area contributed by atoms with Gasteiger partial charge < -0.3 is 19.2 Å². The van der Waals surface area contributed by atoms with E-state index in [9.17, 15) is 13.6 Å². The van der Waals surface area contributed by atoms with Gasteiger partial charge in [0.15, 0.2) is 27.1 Å². The predicted molar refractivity (Wildman–Crippen MR) is 75.1 cm³/mol. The van der Waals surface area contributed by atoms with Crippen LogP contribution >= 0.6 is 0 Å². The summed E-state index contributed by atoms with van der Waals surface area (Å²) in [5, 5.41) is 12.6. The first-order chi connectivity index (χ1) is 10.4. The number of sulfonamides is 1. The van der Waals surface area contributed by atoms with Crippen molar-refractivity contribution in [2.75, 3.05) is 20.2 Å². The molecule has 0 amide bonds. The van der Waals surface area contributed by atoms with Crippen LogP contribution in [0.25, 0.3) is 0 Å². The number of hydrogen-bond acceptors (Lipinski definition) is 6. The Morgan fingerprint density at radius 2 is 2.32 bits per heavy atom. The quantitative estimate of drug-likeness (QED) is 0.800. The highest BCUT2D eigenvalue weighted by atomic mass is 32.3. The molecule has 118 valence electrons. The lowest BCUT2D eigenvalue weighted by Crippen LogP contribution is -2.36. The van der Waals surface area contributed by atoms with Crippen molar-refractivity contribution < 1.29 is 28.2 Å². The van der Waals surface area contributed by atoms with E-state index in [1.54, 1.807) is 12.1 Å². The molecule has 1 aromatic rings. The molecule has 0 bridgehead atoms. The zero-order chi connectivity index (χ0) is 15.9. The van der Waals surface area contributed by atoms with Crippen molar-refractivity contribution in [1.29, 1.82) is 0 Å². The van der Waals surface area contributed by atoms with Gasteiger partial charge in [-0.05, 0) is 12.1 Å². The summed E-state index contributed by atoms with van der Waals surface area (Å²) >= 11 is 0. The number of fused-ring (bicyclic) bond motifs is 1. The van der Waals surface area contributed by atoms with E-state index < -0.39 is 28.4 Å². The molecule has 3 unspecified atom stereocenters. The monoisotopic (exact) mass is 326 g/mol. The summed E-state index contributed by atoms with van der Waals surface area (Å²) in [5.74, 6) is -1.30. The molecule has 2 aliphatic heterocycles. The number of methoxy groups -OCH3 is 1. The summed E-state index contributed by atoms with van der Waals surface area (Å²) in [6.07, 6.45) is -0.550. The van der Waals surface area contributed by atoms with E-state index >= 15 is 0 Å². The van der Waals surface area contributed by atoms with Crippen LogP contribution in [-0.2, 0) is 24.2 Å². The normalized spacial score (nSPS) is 26.7. The first kappa shape index (κ1) is 14.9. The zero-order valence-corrected chi connectivity index (χ0v) is 12.5. The van der Waals surface area contributed by atoms with Crippen molar-refractivity contribution in [2.24, 2.45) is 11.1 Å². The van der Waals surface area contributed by atoms with E-state index in [0.717, 1.165) is 0 Å². The second kappa shape index (κ2) is 5.34. The number of ether oxygens (including phenoxy) is 1. The van der Waals surface area contributed by atoms with Crippen molar-refractivity contribution in [3.63, 3.8) is 0 Å². The van der Waals surface area contributed by atoms with Crippen LogP contribution in [0.4, 0.5) is 0 Å². The Morgan fingerprint density at radius 3 is 3.00 bits per heavy atom. The molecule has 8 nitrogen and oxygen atoms in total. The smallest absolute Gasteiger partial charge is 0.354 e. The lowest BCUT2D eigenvalue weighted by molar-refractivity contribution is -0.129. The maximum absolute atomic E-state index is 12.6. The number of rotatable bonds is 4. The van der Waals surface area contributed by atoms with Crippen molar-refractivity contribution >= 4 is 22.1 Å². The fourth-order valence-electron chi connectivity index (χ4n) is 2.61. The second-order valence-corrected chi connectivity index (χ2v) is 6.97. The highest BCUT2D eigenvalue weighted by molar-refractivity contribution is 7.95. The third-order valence-corrected chi connectivity index (χ3v) is 5.60. The van der Waals surface area contributed by atoms with Crippen molar-refractivity contribution in [2.45, 2.75) is 11.0 Å². The topological polar surface area (TPSA) is 111 Å². The predicted octanol–water partition coefficient (Wildman–Crippen LogP) is 0.370. The Kier molecular flexibility index (Phi) is 3.63. The van der Waals surface area contributed by atoms with Gasteiger partial charge >= 0.3 is 5.97 Å². The van der Waals surface area contributed by atoms with Gasteiger partial charge in [-0.15, -0.1) is 4.31 Å². The van der Waals surface area contributed by atoms with Gasteiger partial charge in [-0.25, -0.2) is 4.79 Å². The number of hydrogen-bond donors (Lipinski definition) is 1. The Labute approximate surface area is 127 Å². The molecule has 0 radical (unpaired) electrons. The van der Waals surface area contributed by atoms with E-state index in [4.69, 9.17) is 14.7 Å². The molecule has 1 fully saturated rings. The van der Waals surface area contributed by atoms with Crippen LogP contribution in [0.15, 0.2) is 34.3 Å². The largest absolute Gasteiger partial charge is 0.593 e. The van der Waals surface area contributed by atoms with Crippen molar-refractivity contribution in [1.82, 2.24) is 4.31 Å². The molecule has 0 aromatic heterocycles. The summed E-state index contributed by atoms with van der Waals surface area (Å²) in [6.45, 7) is 0.111. The second-order valence-electron chi connectivity index (χ2n) is 5.03. The minimum absolute atomic E-state index is 0.0370. The van der Waals surface area contributed by atoms with E-state index in [-0.39, 0.29) is 23.7 Å². The fraction of sp³-hybridized carbons (Fsp3) is 0.385. The number of carbonyl (C=O) groups is 1. The van der Waals surface area contributed by atoms with Gasteiger partial charge in [-0.1, -0.05) is 15.4 Å². The Balaban J connectivity index is 1.84. The van der Waals surface area contributed by atoms with E-state index in [1.807, 2.05) is 0 Å². The van der Waals surface area contributed by atoms with Crippen LogP contribution in [0, 0.1) is 5.92 Å². The molecule has 1 aromatic carbocycles. The molecule has 1 N–H and O–H groups in total. The highest BCUT2D eigenvalue weighted by Gasteiger charge is 2.51. The summed E-state index contributed by atoms with van der Waals surface area (Å²) in [7, 11) is -2.28. The number of benzene rings is 1. The molecule has 0 aliphatic carbocycles. The number of nitrogens with zero attached hydrogens (tertiary/aromatic N) is 2. The van der Waals surface area contributed by atoms with Crippen molar-refractivity contribution in [3.05, 3.63) is 24.3 Å². The highest BCUT2D eigenvalue weighted by Crippen LogP contribution is 2.34. The third-order valence-electron chi connectivity index (χ3n) is 3.77. The molecule has 3 rings (SSSR count). The maximum atomic E-state index is 12.6. The van der Waals surface area contributed by atoms with Gasteiger partial charge in [-0.3, -0.25) is 0 Å². The molecule has 9 heteroatoms. The first-order valence-electron chi connectivity index (χ1n) is 6.54. The summed E-state index contributed by atoms with van der Waals surface area (Å²) in [6, 6.07) is 6.13. The van der Waals surface area contributed by atoms with Gasteiger partial charge in [-0.2, -0.15) is 0 Å². The summed E-state index contributed by atoms with van der Waals surface area (Å²) in [5.41, 5.74) is -0.131. The lowest BCUT2D eigenvalue weighted by Gasteiger charge is -2.23. The van der Waals surface area contributed by atoms with Gasteiger partial charge in [0, 0.05) is 6.07 Å². The Hall–Kier alpha value is -1.97. The van der Waals surface area contributed by atoms with Crippen molar-refractivity contribution in [3.8, 4) is 5.75 Å². The molecule has 0 spiro atoms. The molecule has 1 saturated heterocycles. The Morgan fingerprint density at radius 1 is 1.55 bits per heavy atom. The van der Waals surface area contributed by atoms with Gasteiger partial charge in [0.1, 0.15) is 5.75 Å². The standard InChI is InChI=1S/C13H14N2O6S/c1-20-8-3-2-4-9(5-8)22(18,19)15-6-10-11(7-15)21-14-12(10)13(16)17/h2-5,10-11H,6-7H2,1H3,(H-,16,17,18,19). The molecular weight excluding hydrogens is 312 g/mol. The SMILES string of the molecule is COc1cccc([S+](=O)([O-])N2CC3ON=C(C(=O)O)C3C2)c1. The minimum Gasteiger partial charge on any atom is -0.593 e. The first-order valence-corrected chi connectivity index (χ1v) is 7.98. The maximum Gasteiger partial charge on any atom is 0.354 e. The van der Waals surface area contributed by atoms with Crippen LogP contribution in [0.2, 0.25) is 0 Å². The van der Waals surface area contributed by atoms with E-state index in [0.29, 0.717) is 5.75 Å². The van der Waals surface area contributed by atoms with Gasteiger partial charge in [0.25, 0.3) is 0 Å². The molecule has 2 aliphatic rings. The number of aliphatic carboxylic acids is 1. The van der Waals surface area contributed by atoms with E-state index in [2.05, 4.69) is 5.16 Å². The molecule has 0 saturated carbocycles. The average molecular weight is 326 g/mol. The molecular formula is C13H14N2O6S. The molecule has 2 heterocycles. The van der Waals surface area contributed by atoms with Crippen LogP contribution in [-0.4, -0.2) is 51.9 Å². The van der Waals surface area contributed by atoms with Crippen LogP contribution in [0.5, 0.6) is 5.75 Å². The summed E-state index contributed by atoms with van der Waals surface area (Å²) < 4.78 is 31.5. The summed E-state index contributed by atoms with van der Waals surface area (Å²) in [4.78, 5) is 16.2. The fourth-order valence-corrected chi connectivity index (χ4v) is 4.12.